The highest BCUT2D eigenvalue weighted by atomic mass is 35.5. The molecule has 44 heavy (non-hydrogen) atoms. The minimum atomic E-state index is -0.596. The monoisotopic (exact) mass is 631 g/mol. The number of thioether (sulfide) groups is 1. The van der Waals surface area contributed by atoms with Crippen LogP contribution in [0.1, 0.15) is 80.3 Å². The van der Waals surface area contributed by atoms with Crippen LogP contribution in [-0.4, -0.2) is 57.8 Å². The van der Waals surface area contributed by atoms with Crippen LogP contribution >= 0.6 is 23.4 Å². The number of rotatable bonds is 5. The van der Waals surface area contributed by atoms with Gasteiger partial charge in [-0.1, -0.05) is 37.6 Å². The third kappa shape index (κ3) is 5.60. The summed E-state index contributed by atoms with van der Waals surface area (Å²) < 4.78 is 0. The predicted octanol–water partition coefficient (Wildman–Crippen LogP) is 6.09. The fraction of sp³-hybridized carbons (Fsp3) is 0.486. The molecule has 2 aromatic rings. The molecule has 5 aliphatic rings. The molecule has 3 unspecified atom stereocenters. The van der Waals surface area contributed by atoms with Crippen LogP contribution in [0.2, 0.25) is 5.02 Å². The number of hydrogen-bond donors (Lipinski definition) is 1. The first-order chi connectivity index (χ1) is 21.0. The lowest BCUT2D eigenvalue weighted by Crippen LogP contribution is -2.52. The Morgan fingerprint density at radius 3 is 2.43 bits per heavy atom. The van der Waals surface area contributed by atoms with Crippen molar-refractivity contribution in [3.63, 3.8) is 0 Å². The topological polar surface area (TPSA) is 86.8 Å². The molecular formula is C35H38ClN3O4S. The molecule has 230 valence electrons. The van der Waals surface area contributed by atoms with Gasteiger partial charge in [-0.15, -0.1) is 11.8 Å². The molecule has 0 aromatic heterocycles. The fourth-order valence-corrected chi connectivity index (χ4v) is 9.52. The maximum Gasteiger partial charge on any atom is 0.255 e. The molecule has 0 radical (unpaired) electrons. The molecule has 3 fully saturated rings. The maximum atomic E-state index is 13.9. The number of carbonyl (C=O) groups excluding carboxylic acids is 4. The van der Waals surface area contributed by atoms with Crippen LogP contribution in [0.25, 0.3) is 5.57 Å². The second-order valence-electron chi connectivity index (χ2n) is 14.0. The summed E-state index contributed by atoms with van der Waals surface area (Å²) in [6.07, 6.45) is 5.50. The minimum absolute atomic E-state index is 0.137. The molecule has 1 saturated carbocycles. The number of allylic oxidation sites excluding steroid dienone is 1. The number of fused-ring (bicyclic) bond motifs is 2. The van der Waals surface area contributed by atoms with Crippen LogP contribution in [0, 0.1) is 17.3 Å². The molecular weight excluding hydrogens is 594 g/mol. The van der Waals surface area contributed by atoms with E-state index in [-0.39, 0.29) is 35.5 Å². The van der Waals surface area contributed by atoms with Crippen molar-refractivity contribution >= 4 is 52.6 Å². The Morgan fingerprint density at radius 2 is 1.73 bits per heavy atom. The Bertz CT molecular complexity index is 1570. The molecule has 3 atom stereocenters. The molecule has 4 amide bonds. The molecule has 3 aliphatic heterocycles. The standard InChI is InChI=1S/C35H38ClN3O4S/c1-35(2)12-11-28(29(16-35)20-3-5-24(36)6-4-20)33(42)38-17-21-13-26(14-22(21)18-38)44-25-7-8-27-23(15-25)19-39(34(27)43)30-9-10-31(40)37-32(30)41/h3-8,15,21-22,26,30H,9-14,16-19H2,1-2H3,(H,37,40,41). The number of halogens is 1. The number of carbonyl (C=O) groups is 4. The Labute approximate surface area is 267 Å². The van der Waals surface area contributed by atoms with E-state index < -0.39 is 6.04 Å². The first-order valence-electron chi connectivity index (χ1n) is 15.8. The highest BCUT2D eigenvalue weighted by molar-refractivity contribution is 8.00. The van der Waals surface area contributed by atoms with Gasteiger partial charge in [0, 0.05) is 52.4 Å². The van der Waals surface area contributed by atoms with Gasteiger partial charge in [-0.3, -0.25) is 24.5 Å². The summed E-state index contributed by atoms with van der Waals surface area (Å²) in [7, 11) is 0. The van der Waals surface area contributed by atoms with Crippen molar-refractivity contribution in [2.45, 2.75) is 81.5 Å². The lowest BCUT2D eigenvalue weighted by molar-refractivity contribution is -0.137. The second-order valence-corrected chi connectivity index (χ2v) is 15.8. The van der Waals surface area contributed by atoms with E-state index in [2.05, 4.69) is 30.1 Å². The van der Waals surface area contributed by atoms with Crippen molar-refractivity contribution in [3.8, 4) is 0 Å². The smallest absolute Gasteiger partial charge is 0.255 e. The molecule has 3 heterocycles. The van der Waals surface area contributed by atoms with E-state index in [0.29, 0.717) is 40.6 Å². The summed E-state index contributed by atoms with van der Waals surface area (Å²) >= 11 is 8.04. The number of nitrogens with zero attached hydrogens (tertiary/aromatic N) is 2. The molecule has 2 aromatic carbocycles. The molecule has 7 nitrogen and oxygen atoms in total. The van der Waals surface area contributed by atoms with E-state index in [9.17, 15) is 19.2 Å². The first-order valence-corrected chi connectivity index (χ1v) is 17.0. The van der Waals surface area contributed by atoms with Gasteiger partial charge in [0.1, 0.15) is 6.04 Å². The summed E-state index contributed by atoms with van der Waals surface area (Å²) in [5.74, 6) is 0.438. The molecule has 9 heteroatoms. The van der Waals surface area contributed by atoms with Gasteiger partial charge in [0.25, 0.3) is 5.91 Å². The lowest BCUT2D eigenvalue weighted by atomic mass is 9.72. The van der Waals surface area contributed by atoms with Crippen molar-refractivity contribution in [1.82, 2.24) is 15.1 Å². The highest BCUT2D eigenvalue weighted by Gasteiger charge is 2.44. The van der Waals surface area contributed by atoms with Crippen molar-refractivity contribution in [2.24, 2.45) is 17.3 Å². The molecule has 0 bridgehead atoms. The molecule has 1 N–H and O–H groups in total. The van der Waals surface area contributed by atoms with E-state index in [1.54, 1.807) is 4.90 Å². The zero-order valence-corrected chi connectivity index (χ0v) is 26.8. The predicted molar refractivity (Wildman–Crippen MR) is 171 cm³/mol. The molecule has 7 rings (SSSR count). The quantitative estimate of drug-likeness (QED) is 0.404. The summed E-state index contributed by atoms with van der Waals surface area (Å²) in [5, 5.41) is 3.55. The first kappa shape index (κ1) is 29.6. The van der Waals surface area contributed by atoms with E-state index in [1.807, 2.05) is 48.2 Å². The molecule has 0 spiro atoms. The Morgan fingerprint density at radius 1 is 1.00 bits per heavy atom. The minimum Gasteiger partial charge on any atom is -0.338 e. The third-order valence-electron chi connectivity index (χ3n) is 10.3. The Kier molecular flexibility index (Phi) is 7.64. The summed E-state index contributed by atoms with van der Waals surface area (Å²) in [6, 6.07) is 13.3. The van der Waals surface area contributed by atoms with Gasteiger partial charge in [0.05, 0.1) is 0 Å². The second kappa shape index (κ2) is 11.4. The normalized spacial score (nSPS) is 27.9. The van der Waals surface area contributed by atoms with Gasteiger partial charge in [0.15, 0.2) is 0 Å². The SMILES string of the molecule is CC1(C)CCC(C(=O)N2CC3CC(Sc4ccc5c(c4)CN(C4CCC(=O)NC4=O)C5=O)CC3C2)=C(c2ccc(Cl)cc2)C1. The lowest BCUT2D eigenvalue weighted by Gasteiger charge is -2.34. The van der Waals surface area contributed by atoms with E-state index in [0.717, 1.165) is 66.8 Å². The van der Waals surface area contributed by atoms with Crippen LogP contribution in [-0.2, 0) is 20.9 Å². The van der Waals surface area contributed by atoms with Crippen molar-refractivity contribution in [1.29, 1.82) is 0 Å². The van der Waals surface area contributed by atoms with E-state index >= 15 is 0 Å². The summed E-state index contributed by atoms with van der Waals surface area (Å²) in [5.41, 5.74) is 5.03. The van der Waals surface area contributed by atoms with Gasteiger partial charge in [0.2, 0.25) is 17.7 Å². The van der Waals surface area contributed by atoms with Crippen LogP contribution in [0.15, 0.2) is 52.9 Å². The van der Waals surface area contributed by atoms with Crippen LogP contribution in [0.5, 0.6) is 0 Å². The largest absolute Gasteiger partial charge is 0.338 e. The zero-order chi connectivity index (χ0) is 30.7. The van der Waals surface area contributed by atoms with Gasteiger partial charge < -0.3 is 9.80 Å². The third-order valence-corrected chi connectivity index (χ3v) is 11.8. The van der Waals surface area contributed by atoms with Crippen molar-refractivity contribution in [2.75, 3.05) is 13.1 Å². The van der Waals surface area contributed by atoms with Crippen LogP contribution < -0.4 is 5.32 Å². The van der Waals surface area contributed by atoms with Gasteiger partial charge in [-0.05, 0) is 103 Å². The summed E-state index contributed by atoms with van der Waals surface area (Å²) in [4.78, 5) is 55.8. The van der Waals surface area contributed by atoms with Gasteiger partial charge >= 0.3 is 0 Å². The van der Waals surface area contributed by atoms with Crippen LogP contribution in [0.4, 0.5) is 0 Å². The molecule has 2 saturated heterocycles. The van der Waals surface area contributed by atoms with E-state index in [1.165, 1.54) is 5.57 Å². The fourth-order valence-electron chi connectivity index (χ4n) is 7.97. The number of imide groups is 1. The number of piperidine rings is 1. The van der Waals surface area contributed by atoms with Crippen LogP contribution in [0.3, 0.4) is 0 Å². The number of benzene rings is 2. The highest BCUT2D eigenvalue weighted by Crippen LogP contribution is 2.48. The van der Waals surface area contributed by atoms with Gasteiger partial charge in [-0.2, -0.15) is 0 Å². The number of likely N-dealkylation sites (tertiary alicyclic amines) is 1. The van der Waals surface area contributed by atoms with Crippen molar-refractivity contribution in [3.05, 3.63) is 69.8 Å². The van der Waals surface area contributed by atoms with E-state index in [4.69, 9.17) is 11.6 Å². The zero-order valence-electron chi connectivity index (χ0n) is 25.2. The van der Waals surface area contributed by atoms with Crippen molar-refractivity contribution < 1.29 is 19.2 Å². The Balaban J connectivity index is 0.991. The number of nitrogens with one attached hydrogen (secondary N) is 1. The maximum absolute atomic E-state index is 13.9. The average molecular weight is 632 g/mol. The molecule has 2 aliphatic carbocycles. The summed E-state index contributed by atoms with van der Waals surface area (Å²) in [6.45, 7) is 6.61. The Hall–Kier alpha value is -3.10. The number of hydrogen-bond acceptors (Lipinski definition) is 5. The number of amides is 4. The average Bonchev–Trinajstić information content (AvgIpc) is 3.64. The van der Waals surface area contributed by atoms with Gasteiger partial charge in [-0.25, -0.2) is 0 Å².